The van der Waals surface area contributed by atoms with Crippen LogP contribution in [0, 0.1) is 0 Å². The Kier molecular flexibility index (Phi) is 4.56. The minimum absolute atomic E-state index is 0.207. The summed E-state index contributed by atoms with van der Waals surface area (Å²) in [5.74, 6) is 0.378. The molecule has 1 heterocycles. The van der Waals surface area contributed by atoms with E-state index >= 15 is 0 Å². The third kappa shape index (κ3) is 3.43. The van der Waals surface area contributed by atoms with E-state index in [0.29, 0.717) is 16.8 Å². The van der Waals surface area contributed by atoms with Crippen molar-refractivity contribution in [2.75, 3.05) is 0 Å². The molecule has 0 aliphatic heterocycles. The van der Waals surface area contributed by atoms with Crippen molar-refractivity contribution in [3.05, 3.63) is 70.6 Å². The van der Waals surface area contributed by atoms with Gasteiger partial charge in [-0.15, -0.1) is 0 Å². The van der Waals surface area contributed by atoms with E-state index in [9.17, 15) is 9.59 Å². The molecular weight excluding hydrogens is 306 g/mol. The smallest absolute Gasteiger partial charge is 0.272 e. The van der Waals surface area contributed by atoms with E-state index in [2.05, 4.69) is 15.5 Å². The van der Waals surface area contributed by atoms with E-state index in [1.54, 1.807) is 31.2 Å². The van der Waals surface area contributed by atoms with Gasteiger partial charge in [0, 0.05) is 5.39 Å². The number of benzene rings is 2. The van der Waals surface area contributed by atoms with E-state index in [4.69, 9.17) is 4.74 Å². The van der Waals surface area contributed by atoms with Crippen LogP contribution in [0.4, 0.5) is 0 Å². The van der Waals surface area contributed by atoms with Gasteiger partial charge in [0.1, 0.15) is 5.75 Å². The van der Waals surface area contributed by atoms with Crippen molar-refractivity contribution < 1.29 is 9.53 Å². The Morgan fingerprint density at radius 1 is 1.12 bits per heavy atom. The fourth-order valence-corrected chi connectivity index (χ4v) is 2.38. The summed E-state index contributed by atoms with van der Waals surface area (Å²) >= 11 is 0. The van der Waals surface area contributed by atoms with E-state index < -0.39 is 6.10 Å². The van der Waals surface area contributed by atoms with Crippen LogP contribution in [0.2, 0.25) is 0 Å². The molecule has 0 radical (unpaired) electrons. The molecule has 0 unspecified atom stereocenters. The van der Waals surface area contributed by atoms with Crippen LogP contribution in [0.3, 0.4) is 0 Å². The Bertz CT molecular complexity index is 906. The highest BCUT2D eigenvalue weighted by molar-refractivity contribution is 5.84. The summed E-state index contributed by atoms with van der Waals surface area (Å²) in [4.78, 5) is 23.9. The van der Waals surface area contributed by atoms with Gasteiger partial charge < -0.3 is 10.1 Å². The minimum Gasteiger partial charge on any atom is -0.481 e. The van der Waals surface area contributed by atoms with Crippen LogP contribution in [0.15, 0.2) is 59.4 Å². The zero-order valence-electron chi connectivity index (χ0n) is 13.2. The Hall–Kier alpha value is -3.15. The van der Waals surface area contributed by atoms with Crippen LogP contribution in [0.25, 0.3) is 10.8 Å². The van der Waals surface area contributed by atoms with Crippen LogP contribution in [-0.2, 0) is 11.3 Å². The number of fused-ring (bicyclic) bond motifs is 1. The molecule has 24 heavy (non-hydrogen) atoms. The maximum Gasteiger partial charge on any atom is 0.272 e. The number of ether oxygens (including phenoxy) is 1. The third-order valence-corrected chi connectivity index (χ3v) is 3.63. The largest absolute Gasteiger partial charge is 0.481 e. The fourth-order valence-electron chi connectivity index (χ4n) is 2.38. The van der Waals surface area contributed by atoms with Crippen LogP contribution in [0.1, 0.15) is 12.6 Å². The zero-order chi connectivity index (χ0) is 16.9. The van der Waals surface area contributed by atoms with Gasteiger partial charge >= 0.3 is 0 Å². The van der Waals surface area contributed by atoms with E-state index in [1.807, 2.05) is 30.3 Å². The second kappa shape index (κ2) is 6.95. The lowest BCUT2D eigenvalue weighted by molar-refractivity contribution is -0.127. The molecule has 0 aliphatic rings. The first-order valence-electron chi connectivity index (χ1n) is 7.61. The minimum atomic E-state index is -0.638. The Morgan fingerprint density at radius 2 is 1.79 bits per heavy atom. The molecule has 1 aromatic heterocycles. The molecule has 0 aliphatic carbocycles. The summed E-state index contributed by atoms with van der Waals surface area (Å²) in [6.45, 7) is 1.89. The predicted molar refractivity (Wildman–Crippen MR) is 90.7 cm³/mol. The molecule has 0 fully saturated rings. The number of hydrogen-bond acceptors (Lipinski definition) is 4. The summed E-state index contributed by atoms with van der Waals surface area (Å²) in [5, 5.41) is 10.5. The van der Waals surface area contributed by atoms with Crippen molar-refractivity contribution >= 4 is 16.7 Å². The van der Waals surface area contributed by atoms with Crippen molar-refractivity contribution in [1.82, 2.24) is 15.5 Å². The number of amides is 1. The quantitative estimate of drug-likeness (QED) is 0.752. The first-order chi connectivity index (χ1) is 11.6. The molecule has 1 amide bonds. The second-order valence-electron chi connectivity index (χ2n) is 5.34. The van der Waals surface area contributed by atoms with Gasteiger partial charge in [0.2, 0.25) is 0 Å². The lowest BCUT2D eigenvalue weighted by Crippen LogP contribution is -2.36. The van der Waals surface area contributed by atoms with E-state index in [1.165, 1.54) is 0 Å². The molecule has 0 spiro atoms. The number of carbonyl (C=O) groups excluding carboxylic acids is 1. The molecule has 0 saturated carbocycles. The summed E-state index contributed by atoms with van der Waals surface area (Å²) in [6.07, 6.45) is -0.638. The van der Waals surface area contributed by atoms with Crippen LogP contribution in [-0.4, -0.2) is 22.2 Å². The van der Waals surface area contributed by atoms with Gasteiger partial charge in [-0.05, 0) is 25.1 Å². The summed E-state index contributed by atoms with van der Waals surface area (Å²) in [6, 6.07) is 16.3. The summed E-state index contributed by atoms with van der Waals surface area (Å²) in [7, 11) is 0. The molecular formula is C18H17N3O3. The average molecular weight is 323 g/mol. The van der Waals surface area contributed by atoms with Crippen molar-refractivity contribution in [3.63, 3.8) is 0 Å². The Balaban J connectivity index is 1.68. The molecule has 0 saturated heterocycles. The first kappa shape index (κ1) is 15.7. The molecule has 2 N–H and O–H groups in total. The Labute approximate surface area is 138 Å². The van der Waals surface area contributed by atoms with Crippen molar-refractivity contribution in [3.8, 4) is 5.75 Å². The number of aromatic nitrogens is 2. The highest BCUT2D eigenvalue weighted by Gasteiger charge is 2.15. The van der Waals surface area contributed by atoms with Gasteiger partial charge in [0.15, 0.2) is 6.10 Å². The molecule has 2 aromatic carbocycles. The Morgan fingerprint density at radius 3 is 2.54 bits per heavy atom. The highest BCUT2D eigenvalue weighted by Crippen LogP contribution is 2.13. The van der Waals surface area contributed by atoms with Gasteiger partial charge in [-0.2, -0.15) is 5.10 Å². The SMILES string of the molecule is C[C@H](Oc1ccccc1)C(=O)NCc1n[nH]c(=O)c2ccccc12. The highest BCUT2D eigenvalue weighted by atomic mass is 16.5. The second-order valence-corrected chi connectivity index (χ2v) is 5.34. The third-order valence-electron chi connectivity index (χ3n) is 3.63. The van der Waals surface area contributed by atoms with Gasteiger partial charge in [-0.25, -0.2) is 5.10 Å². The fraction of sp³-hybridized carbons (Fsp3) is 0.167. The van der Waals surface area contributed by atoms with Crippen LogP contribution >= 0.6 is 0 Å². The number of nitrogens with one attached hydrogen (secondary N) is 2. The standard InChI is InChI=1S/C18H17N3O3/c1-12(24-13-7-3-2-4-8-13)17(22)19-11-16-14-9-5-6-10-15(14)18(23)21-20-16/h2-10,12H,11H2,1H3,(H,19,22)(H,21,23)/t12-/m0/s1. The molecule has 122 valence electrons. The number of carbonyl (C=O) groups is 1. The van der Waals surface area contributed by atoms with Crippen LogP contribution in [0.5, 0.6) is 5.75 Å². The van der Waals surface area contributed by atoms with Gasteiger partial charge in [0.25, 0.3) is 11.5 Å². The molecule has 6 heteroatoms. The lowest BCUT2D eigenvalue weighted by atomic mass is 10.1. The molecule has 3 aromatic rings. The maximum atomic E-state index is 12.2. The predicted octanol–water partition coefficient (Wildman–Crippen LogP) is 2.01. The van der Waals surface area contributed by atoms with E-state index in [0.717, 1.165) is 5.39 Å². The van der Waals surface area contributed by atoms with Gasteiger partial charge in [0.05, 0.1) is 17.6 Å². The zero-order valence-corrected chi connectivity index (χ0v) is 13.2. The average Bonchev–Trinajstić information content (AvgIpc) is 2.62. The monoisotopic (exact) mass is 323 g/mol. The number of para-hydroxylation sites is 1. The maximum absolute atomic E-state index is 12.2. The molecule has 3 rings (SSSR count). The van der Waals surface area contributed by atoms with Crippen molar-refractivity contribution in [2.45, 2.75) is 19.6 Å². The topological polar surface area (TPSA) is 84.1 Å². The first-order valence-corrected chi connectivity index (χ1v) is 7.61. The molecule has 6 nitrogen and oxygen atoms in total. The van der Waals surface area contributed by atoms with E-state index in [-0.39, 0.29) is 18.0 Å². The number of nitrogens with zero attached hydrogens (tertiary/aromatic N) is 1. The number of rotatable bonds is 5. The number of H-pyrrole nitrogens is 1. The van der Waals surface area contributed by atoms with Crippen molar-refractivity contribution in [2.24, 2.45) is 0 Å². The number of aromatic amines is 1. The molecule has 1 atom stereocenters. The van der Waals surface area contributed by atoms with Crippen LogP contribution < -0.4 is 15.6 Å². The van der Waals surface area contributed by atoms with Gasteiger partial charge in [-0.3, -0.25) is 9.59 Å². The summed E-state index contributed by atoms with van der Waals surface area (Å²) in [5.41, 5.74) is 0.354. The number of hydrogen-bond donors (Lipinski definition) is 2. The lowest BCUT2D eigenvalue weighted by Gasteiger charge is -2.14. The van der Waals surface area contributed by atoms with Crippen molar-refractivity contribution in [1.29, 1.82) is 0 Å². The van der Waals surface area contributed by atoms with Gasteiger partial charge in [-0.1, -0.05) is 36.4 Å². The molecule has 0 bridgehead atoms. The normalized spacial score (nSPS) is 11.9. The summed E-state index contributed by atoms with van der Waals surface area (Å²) < 4.78 is 5.58.